The van der Waals surface area contributed by atoms with Crippen molar-refractivity contribution in [2.24, 2.45) is 0 Å². The molecule has 0 aromatic carbocycles. The predicted molar refractivity (Wildman–Crippen MR) is 73.3 cm³/mol. The standard InChI is InChI=1S/C13H23N3O4/c1-3-11(17)9(6-8-15-13(19)20-2)16-12(18)10-5-4-7-14-10/h9-10,14H,3-8H2,1-2H3,(H,15,19)(H,16,18)/t9-,10?/m0/s1. The first-order valence-electron chi connectivity index (χ1n) is 6.96. The van der Waals surface area contributed by atoms with Crippen molar-refractivity contribution in [2.75, 3.05) is 20.2 Å². The highest BCUT2D eigenvalue weighted by Crippen LogP contribution is 2.06. The molecule has 1 heterocycles. The molecule has 1 aliphatic heterocycles. The number of rotatable bonds is 7. The van der Waals surface area contributed by atoms with E-state index in [1.165, 1.54) is 7.11 Å². The molecule has 0 bridgehead atoms. The van der Waals surface area contributed by atoms with Gasteiger partial charge in [0.1, 0.15) is 0 Å². The number of carbonyl (C=O) groups is 3. The molecule has 2 atom stereocenters. The minimum absolute atomic E-state index is 0.0389. The van der Waals surface area contributed by atoms with Crippen LogP contribution in [0.3, 0.4) is 0 Å². The van der Waals surface area contributed by atoms with Crippen molar-refractivity contribution in [2.45, 2.75) is 44.7 Å². The molecule has 0 aromatic rings. The van der Waals surface area contributed by atoms with Gasteiger partial charge >= 0.3 is 6.09 Å². The summed E-state index contributed by atoms with van der Waals surface area (Å²) in [5.74, 6) is -0.185. The fourth-order valence-electron chi connectivity index (χ4n) is 2.13. The van der Waals surface area contributed by atoms with Crippen LogP contribution in [0.5, 0.6) is 0 Å². The minimum Gasteiger partial charge on any atom is -0.453 e. The first-order valence-corrected chi connectivity index (χ1v) is 6.96. The van der Waals surface area contributed by atoms with E-state index in [1.54, 1.807) is 6.92 Å². The zero-order chi connectivity index (χ0) is 15.0. The Morgan fingerprint density at radius 3 is 2.70 bits per heavy atom. The second kappa shape index (κ2) is 8.52. The monoisotopic (exact) mass is 285 g/mol. The van der Waals surface area contributed by atoms with Crippen LogP contribution in [0.2, 0.25) is 0 Å². The quantitative estimate of drug-likeness (QED) is 0.609. The molecule has 1 fully saturated rings. The van der Waals surface area contributed by atoms with Crippen molar-refractivity contribution in [3.05, 3.63) is 0 Å². The molecular formula is C13H23N3O4. The number of alkyl carbamates (subject to hydrolysis) is 1. The second-order valence-corrected chi connectivity index (χ2v) is 4.74. The zero-order valence-electron chi connectivity index (χ0n) is 12.0. The molecule has 0 aromatic heterocycles. The van der Waals surface area contributed by atoms with Crippen LogP contribution in [0.15, 0.2) is 0 Å². The summed E-state index contributed by atoms with van der Waals surface area (Å²) in [6, 6.07) is -0.775. The average Bonchev–Trinajstić information content (AvgIpc) is 2.99. The largest absolute Gasteiger partial charge is 0.453 e. The number of hydrogen-bond donors (Lipinski definition) is 3. The highest BCUT2D eigenvalue weighted by atomic mass is 16.5. The highest BCUT2D eigenvalue weighted by Gasteiger charge is 2.26. The Labute approximate surface area is 118 Å². The number of amides is 2. The number of carbonyl (C=O) groups excluding carboxylic acids is 3. The van der Waals surface area contributed by atoms with E-state index in [-0.39, 0.29) is 24.3 Å². The third-order valence-electron chi connectivity index (χ3n) is 3.32. The van der Waals surface area contributed by atoms with Gasteiger partial charge < -0.3 is 20.7 Å². The molecule has 20 heavy (non-hydrogen) atoms. The van der Waals surface area contributed by atoms with Crippen molar-refractivity contribution in [1.82, 2.24) is 16.0 Å². The molecule has 7 nitrogen and oxygen atoms in total. The van der Waals surface area contributed by atoms with Crippen molar-refractivity contribution in [1.29, 1.82) is 0 Å². The topological polar surface area (TPSA) is 96.5 Å². The average molecular weight is 285 g/mol. The van der Waals surface area contributed by atoms with Gasteiger partial charge in [-0.3, -0.25) is 9.59 Å². The summed E-state index contributed by atoms with van der Waals surface area (Å²) in [4.78, 5) is 34.8. The molecule has 1 rings (SSSR count). The van der Waals surface area contributed by atoms with Gasteiger partial charge in [0.05, 0.1) is 19.2 Å². The number of hydrogen-bond acceptors (Lipinski definition) is 5. The SMILES string of the molecule is CCC(=O)[C@H](CCNC(=O)OC)NC(=O)C1CCCN1. The first-order chi connectivity index (χ1) is 9.58. The van der Waals surface area contributed by atoms with E-state index in [2.05, 4.69) is 20.7 Å². The van der Waals surface area contributed by atoms with Gasteiger partial charge in [0.25, 0.3) is 0 Å². The van der Waals surface area contributed by atoms with Gasteiger partial charge in [-0.1, -0.05) is 6.92 Å². The van der Waals surface area contributed by atoms with Crippen molar-refractivity contribution < 1.29 is 19.1 Å². The lowest BCUT2D eigenvalue weighted by Crippen LogP contribution is -2.49. The summed E-state index contributed by atoms with van der Waals surface area (Å²) in [6.07, 6.45) is 1.92. The van der Waals surface area contributed by atoms with Crippen LogP contribution in [-0.2, 0) is 14.3 Å². The van der Waals surface area contributed by atoms with Crippen molar-refractivity contribution >= 4 is 17.8 Å². The second-order valence-electron chi connectivity index (χ2n) is 4.74. The molecule has 1 saturated heterocycles. The van der Waals surface area contributed by atoms with Crippen LogP contribution >= 0.6 is 0 Å². The molecule has 0 saturated carbocycles. The van der Waals surface area contributed by atoms with Gasteiger partial charge in [-0.05, 0) is 25.8 Å². The fourth-order valence-corrected chi connectivity index (χ4v) is 2.13. The molecule has 0 aliphatic carbocycles. The molecule has 3 N–H and O–H groups in total. The zero-order valence-corrected chi connectivity index (χ0v) is 12.0. The summed E-state index contributed by atoms with van der Waals surface area (Å²) >= 11 is 0. The number of methoxy groups -OCH3 is 1. The Balaban J connectivity index is 2.44. The Morgan fingerprint density at radius 1 is 1.40 bits per heavy atom. The van der Waals surface area contributed by atoms with E-state index in [4.69, 9.17) is 0 Å². The van der Waals surface area contributed by atoms with Crippen molar-refractivity contribution in [3.8, 4) is 0 Å². The predicted octanol–water partition coefficient (Wildman–Crippen LogP) is -0.0516. The maximum absolute atomic E-state index is 12.0. The third-order valence-corrected chi connectivity index (χ3v) is 3.32. The Kier molecular flexibility index (Phi) is 7.00. The number of nitrogens with one attached hydrogen (secondary N) is 3. The highest BCUT2D eigenvalue weighted by molar-refractivity contribution is 5.90. The van der Waals surface area contributed by atoms with Crippen LogP contribution in [0.1, 0.15) is 32.6 Å². The number of ketones is 1. The summed E-state index contributed by atoms with van der Waals surface area (Å²) in [7, 11) is 1.28. The van der Waals surface area contributed by atoms with Crippen LogP contribution < -0.4 is 16.0 Å². The minimum atomic E-state index is -0.563. The molecule has 7 heteroatoms. The molecule has 1 unspecified atom stereocenters. The third kappa shape index (κ3) is 5.16. The number of ether oxygens (including phenoxy) is 1. The van der Waals surface area contributed by atoms with E-state index in [0.717, 1.165) is 19.4 Å². The van der Waals surface area contributed by atoms with E-state index in [9.17, 15) is 14.4 Å². The Morgan fingerprint density at radius 2 is 2.15 bits per heavy atom. The van der Waals surface area contributed by atoms with Crippen LogP contribution in [0.4, 0.5) is 4.79 Å². The lowest BCUT2D eigenvalue weighted by Gasteiger charge is -2.19. The van der Waals surface area contributed by atoms with Gasteiger partial charge in [-0.15, -0.1) is 0 Å². The smallest absolute Gasteiger partial charge is 0.406 e. The Hall–Kier alpha value is -1.63. The maximum Gasteiger partial charge on any atom is 0.406 e. The van der Waals surface area contributed by atoms with Gasteiger partial charge in [0.2, 0.25) is 5.91 Å². The van der Waals surface area contributed by atoms with Crippen LogP contribution in [-0.4, -0.2) is 50.1 Å². The lowest BCUT2D eigenvalue weighted by molar-refractivity contribution is -0.128. The molecule has 114 valence electrons. The summed E-state index contributed by atoms with van der Waals surface area (Å²) in [5.41, 5.74) is 0. The van der Waals surface area contributed by atoms with Crippen molar-refractivity contribution in [3.63, 3.8) is 0 Å². The van der Waals surface area contributed by atoms with Gasteiger partial charge in [-0.25, -0.2) is 4.79 Å². The normalized spacial score (nSPS) is 19.2. The van der Waals surface area contributed by atoms with Gasteiger partial charge in [-0.2, -0.15) is 0 Å². The summed E-state index contributed by atoms with van der Waals surface area (Å²) < 4.78 is 4.45. The van der Waals surface area contributed by atoms with Crippen LogP contribution in [0.25, 0.3) is 0 Å². The lowest BCUT2D eigenvalue weighted by atomic mass is 10.1. The summed E-state index contributed by atoms with van der Waals surface area (Å²) in [6.45, 7) is 2.86. The Bertz CT molecular complexity index is 354. The van der Waals surface area contributed by atoms with E-state index in [0.29, 0.717) is 12.8 Å². The molecular weight excluding hydrogens is 262 g/mol. The molecule has 0 radical (unpaired) electrons. The first kappa shape index (κ1) is 16.4. The fraction of sp³-hybridized carbons (Fsp3) is 0.769. The van der Waals surface area contributed by atoms with Crippen LogP contribution in [0, 0.1) is 0 Å². The summed E-state index contributed by atoms with van der Waals surface area (Å²) in [5, 5.41) is 8.35. The van der Waals surface area contributed by atoms with E-state index in [1.807, 2.05) is 0 Å². The molecule has 1 aliphatic rings. The van der Waals surface area contributed by atoms with E-state index < -0.39 is 12.1 Å². The van der Waals surface area contributed by atoms with E-state index >= 15 is 0 Å². The van der Waals surface area contributed by atoms with Gasteiger partial charge in [0.15, 0.2) is 5.78 Å². The maximum atomic E-state index is 12.0. The van der Waals surface area contributed by atoms with Gasteiger partial charge in [0, 0.05) is 13.0 Å². The molecule has 0 spiro atoms. The molecule has 2 amide bonds. The number of Topliss-reactive ketones (excluding diaryl/α,β-unsaturated/α-hetero) is 1.